The molecule has 2 aromatic carbocycles. The SMILES string of the molecule is C[C@]12CC[C@@H]3OC(c4ccccc4)OC[C@@]3(C)C1C[C@H](OC(=O)c1cccc(Cl)c1)[C@@]1(C)Oc3cc(-c4cccnc4)oc(=O)c3[C@H](O)C21. The Hall–Kier alpha value is -4.02. The fourth-order valence-electron chi connectivity index (χ4n) is 9.45. The predicted molar refractivity (Wildman–Crippen MR) is 180 cm³/mol. The van der Waals surface area contributed by atoms with Crippen molar-refractivity contribution < 1.29 is 33.3 Å². The van der Waals surface area contributed by atoms with Crippen molar-refractivity contribution in [1.29, 1.82) is 0 Å². The van der Waals surface area contributed by atoms with Gasteiger partial charge in [0.1, 0.15) is 28.8 Å². The molecule has 0 spiro atoms. The van der Waals surface area contributed by atoms with Gasteiger partial charge in [-0.15, -0.1) is 0 Å². The molecule has 2 aromatic heterocycles. The van der Waals surface area contributed by atoms with Gasteiger partial charge in [-0.2, -0.15) is 0 Å². The summed E-state index contributed by atoms with van der Waals surface area (Å²) in [5.41, 5.74) is -1.08. The molecule has 0 radical (unpaired) electrons. The van der Waals surface area contributed by atoms with Gasteiger partial charge in [0.25, 0.3) is 0 Å². The molecule has 254 valence electrons. The van der Waals surface area contributed by atoms with Gasteiger partial charge in [-0.05, 0) is 67.9 Å². The number of nitrogens with zero attached hydrogens (tertiary/aromatic N) is 1. The van der Waals surface area contributed by atoms with Gasteiger partial charge in [0.15, 0.2) is 6.29 Å². The Labute approximate surface area is 289 Å². The van der Waals surface area contributed by atoms with Crippen LogP contribution in [0.2, 0.25) is 5.02 Å². The summed E-state index contributed by atoms with van der Waals surface area (Å²) in [6, 6.07) is 21.6. The number of ether oxygens (including phenoxy) is 4. The second kappa shape index (κ2) is 11.8. The van der Waals surface area contributed by atoms with Crippen LogP contribution < -0.4 is 10.4 Å². The number of aliphatic hydroxyl groups is 1. The van der Waals surface area contributed by atoms with Crippen molar-refractivity contribution in [3.8, 4) is 17.1 Å². The number of benzene rings is 2. The summed E-state index contributed by atoms with van der Waals surface area (Å²) in [5.74, 6) is -0.896. The van der Waals surface area contributed by atoms with Gasteiger partial charge in [-0.25, -0.2) is 9.59 Å². The summed E-state index contributed by atoms with van der Waals surface area (Å²) in [5, 5.41) is 12.8. The molecule has 9 atom stereocenters. The minimum absolute atomic E-state index is 0.0597. The zero-order valence-electron chi connectivity index (χ0n) is 27.5. The molecule has 4 aliphatic rings. The highest BCUT2D eigenvalue weighted by molar-refractivity contribution is 6.30. The number of fused-ring (bicyclic) bond motifs is 6. The lowest BCUT2D eigenvalue weighted by Crippen LogP contribution is -2.71. The van der Waals surface area contributed by atoms with Crippen molar-refractivity contribution in [2.24, 2.45) is 22.7 Å². The third kappa shape index (κ3) is 5.12. The van der Waals surface area contributed by atoms with Gasteiger partial charge in [0.2, 0.25) is 0 Å². The van der Waals surface area contributed by atoms with E-state index < -0.39 is 52.4 Å². The highest BCUT2D eigenvalue weighted by atomic mass is 35.5. The Morgan fingerprint density at radius 1 is 1.02 bits per heavy atom. The Morgan fingerprint density at radius 3 is 2.59 bits per heavy atom. The molecule has 2 aliphatic heterocycles. The predicted octanol–water partition coefficient (Wildman–Crippen LogP) is 7.32. The molecule has 8 rings (SSSR count). The van der Waals surface area contributed by atoms with Crippen LogP contribution in [0, 0.1) is 22.7 Å². The molecule has 10 heteroatoms. The van der Waals surface area contributed by atoms with Crippen LogP contribution in [0.5, 0.6) is 5.75 Å². The van der Waals surface area contributed by atoms with Gasteiger partial charge in [-0.3, -0.25) is 4.98 Å². The van der Waals surface area contributed by atoms with E-state index in [1.807, 2.05) is 37.3 Å². The monoisotopic (exact) mass is 683 g/mol. The molecule has 3 fully saturated rings. The molecule has 0 amide bonds. The summed E-state index contributed by atoms with van der Waals surface area (Å²) in [6.45, 7) is 6.61. The van der Waals surface area contributed by atoms with Crippen molar-refractivity contribution in [3.05, 3.63) is 117 Å². The van der Waals surface area contributed by atoms with Crippen LogP contribution in [0.25, 0.3) is 11.3 Å². The maximum atomic E-state index is 13.8. The first-order valence-electron chi connectivity index (χ1n) is 16.8. The third-order valence-corrected chi connectivity index (χ3v) is 12.0. The molecule has 3 unspecified atom stereocenters. The first kappa shape index (κ1) is 32.2. The van der Waals surface area contributed by atoms with Gasteiger partial charge in [-0.1, -0.05) is 61.8 Å². The summed E-state index contributed by atoms with van der Waals surface area (Å²) in [7, 11) is 0. The van der Waals surface area contributed by atoms with Crippen LogP contribution in [0.3, 0.4) is 0 Å². The van der Waals surface area contributed by atoms with E-state index in [1.54, 1.807) is 54.9 Å². The minimum atomic E-state index is -1.27. The standard InChI is InChI=1S/C39H38ClNO8/c1-37-15-14-29-38(2,21-45-36(48-29)22-9-5-4-6-10-22)28(37)19-30(47-34(43)23-11-7-13-25(40)17-23)39(3)33(37)32(42)31-27(49-39)18-26(46-35(31)44)24-12-8-16-41-20-24/h4-13,16-18,20,28-30,32-33,36,42H,14-15,19,21H2,1-3H3/t28?,29-,30-,32-,33?,36?,37-,38-,39+/m0/s1. The molecule has 9 nitrogen and oxygen atoms in total. The second-order valence-electron chi connectivity index (χ2n) is 14.5. The zero-order valence-corrected chi connectivity index (χ0v) is 28.3. The van der Waals surface area contributed by atoms with Crippen LogP contribution in [-0.4, -0.2) is 40.5 Å². The number of esters is 1. The second-order valence-corrected chi connectivity index (χ2v) is 15.0. The van der Waals surface area contributed by atoms with E-state index >= 15 is 0 Å². The fraction of sp³-hybridized carbons (Fsp3) is 0.410. The Kier molecular flexibility index (Phi) is 7.75. The molecular weight excluding hydrogens is 646 g/mol. The van der Waals surface area contributed by atoms with Crippen molar-refractivity contribution >= 4 is 17.6 Å². The van der Waals surface area contributed by atoms with Crippen molar-refractivity contribution in [2.45, 2.75) is 70.2 Å². The smallest absolute Gasteiger partial charge is 0.345 e. The number of aromatic nitrogens is 1. The van der Waals surface area contributed by atoms with Crippen molar-refractivity contribution in [1.82, 2.24) is 4.98 Å². The number of hydrogen-bond donors (Lipinski definition) is 1. The average molecular weight is 684 g/mol. The summed E-state index contributed by atoms with van der Waals surface area (Å²) in [6.07, 6.45) is 2.30. The Bertz CT molecular complexity index is 1950. The largest absolute Gasteiger partial charge is 0.482 e. The van der Waals surface area contributed by atoms with E-state index in [-0.39, 0.29) is 29.1 Å². The molecule has 1 N–H and O–H groups in total. The van der Waals surface area contributed by atoms with Crippen LogP contribution in [-0.2, 0) is 14.2 Å². The Balaban J connectivity index is 1.22. The van der Waals surface area contributed by atoms with Gasteiger partial charge < -0.3 is 28.5 Å². The third-order valence-electron chi connectivity index (χ3n) is 11.7. The normalized spacial score (nSPS) is 34.7. The molecule has 2 saturated carbocycles. The molecule has 1 saturated heterocycles. The maximum absolute atomic E-state index is 13.8. The average Bonchev–Trinajstić information content (AvgIpc) is 3.09. The zero-order chi connectivity index (χ0) is 34.1. The highest BCUT2D eigenvalue weighted by Gasteiger charge is 2.71. The first-order valence-corrected chi connectivity index (χ1v) is 17.1. The summed E-state index contributed by atoms with van der Waals surface area (Å²) in [4.78, 5) is 31.6. The van der Waals surface area contributed by atoms with E-state index in [4.69, 9.17) is 35.0 Å². The van der Waals surface area contributed by atoms with Gasteiger partial charge >= 0.3 is 11.6 Å². The van der Waals surface area contributed by atoms with E-state index in [0.29, 0.717) is 42.0 Å². The lowest BCUT2D eigenvalue weighted by Gasteiger charge is -2.67. The summed E-state index contributed by atoms with van der Waals surface area (Å²) < 4.78 is 32.1. The van der Waals surface area contributed by atoms with Crippen LogP contribution >= 0.6 is 11.6 Å². The molecule has 0 bridgehead atoms. The van der Waals surface area contributed by atoms with E-state index in [2.05, 4.69) is 18.8 Å². The maximum Gasteiger partial charge on any atom is 0.345 e. The van der Waals surface area contributed by atoms with Crippen LogP contribution in [0.15, 0.2) is 94.4 Å². The van der Waals surface area contributed by atoms with Gasteiger partial charge in [0, 0.05) is 45.9 Å². The minimum Gasteiger partial charge on any atom is -0.482 e. The van der Waals surface area contributed by atoms with E-state index in [9.17, 15) is 14.7 Å². The summed E-state index contributed by atoms with van der Waals surface area (Å²) >= 11 is 6.25. The molecule has 4 heterocycles. The molecule has 49 heavy (non-hydrogen) atoms. The lowest BCUT2D eigenvalue weighted by atomic mass is 9.42. The number of carbonyl (C=O) groups is 1. The van der Waals surface area contributed by atoms with Crippen LogP contribution in [0.1, 0.15) is 73.9 Å². The number of carbonyl (C=O) groups excluding carboxylic acids is 1. The molecule has 4 aromatic rings. The van der Waals surface area contributed by atoms with E-state index in [0.717, 1.165) is 5.56 Å². The van der Waals surface area contributed by atoms with Crippen molar-refractivity contribution in [3.63, 3.8) is 0 Å². The molecule has 2 aliphatic carbocycles. The number of aliphatic hydroxyl groups excluding tert-OH is 1. The number of pyridine rings is 1. The highest BCUT2D eigenvalue weighted by Crippen LogP contribution is 2.68. The van der Waals surface area contributed by atoms with Gasteiger partial charge in [0.05, 0.1) is 24.4 Å². The first-order chi connectivity index (χ1) is 23.5. The molecular formula is C39H38ClNO8. The van der Waals surface area contributed by atoms with Crippen molar-refractivity contribution in [2.75, 3.05) is 6.61 Å². The topological polar surface area (TPSA) is 117 Å². The lowest BCUT2D eigenvalue weighted by molar-refractivity contribution is -0.330. The fourth-order valence-corrected chi connectivity index (χ4v) is 9.64. The number of halogens is 1. The number of hydrogen-bond acceptors (Lipinski definition) is 9. The van der Waals surface area contributed by atoms with Crippen LogP contribution in [0.4, 0.5) is 0 Å². The van der Waals surface area contributed by atoms with E-state index in [1.165, 1.54) is 0 Å². The Morgan fingerprint density at radius 2 is 1.84 bits per heavy atom. The number of rotatable bonds is 4. The quantitative estimate of drug-likeness (QED) is 0.221.